The van der Waals surface area contributed by atoms with E-state index in [0.717, 1.165) is 16.9 Å². The van der Waals surface area contributed by atoms with Crippen LogP contribution in [0.3, 0.4) is 0 Å². The third-order valence-corrected chi connectivity index (χ3v) is 5.47. The van der Waals surface area contributed by atoms with E-state index in [4.69, 9.17) is 4.74 Å². The summed E-state index contributed by atoms with van der Waals surface area (Å²) in [7, 11) is 0. The number of nitro groups is 1. The zero-order valence-corrected chi connectivity index (χ0v) is 18.8. The molecule has 0 saturated heterocycles. The van der Waals surface area contributed by atoms with Crippen LogP contribution in [0.5, 0.6) is 5.75 Å². The molecule has 0 unspecified atom stereocenters. The lowest BCUT2D eigenvalue weighted by molar-refractivity contribution is -0.384. The number of nitrogens with one attached hydrogen (secondary N) is 1. The summed E-state index contributed by atoms with van der Waals surface area (Å²) in [6.07, 6.45) is 0.831. The van der Waals surface area contributed by atoms with Gasteiger partial charge in [-0.25, -0.2) is 4.90 Å². The molecule has 0 saturated carbocycles. The fourth-order valence-corrected chi connectivity index (χ4v) is 3.75. The number of non-ortho nitro benzene ring substituents is 1. The predicted octanol–water partition coefficient (Wildman–Crippen LogP) is 4.95. The topological polar surface area (TPSA) is 102 Å². The number of rotatable bonds is 8. The summed E-state index contributed by atoms with van der Waals surface area (Å²) in [6, 6.07) is 19.9. The molecular weight excluding hydrogens is 434 g/mol. The molecule has 3 aromatic carbocycles. The number of aryl methyl sites for hydroxylation is 1. The largest absolute Gasteiger partial charge is 0.494 e. The fraction of sp³-hybridized carbons (Fsp3) is 0.154. The van der Waals surface area contributed by atoms with Crippen LogP contribution in [0.1, 0.15) is 25.0 Å². The van der Waals surface area contributed by atoms with Gasteiger partial charge in [-0.3, -0.25) is 19.7 Å². The second-order valence-electron chi connectivity index (χ2n) is 7.61. The molecule has 2 amide bonds. The van der Waals surface area contributed by atoms with Crippen molar-refractivity contribution < 1.29 is 19.2 Å². The van der Waals surface area contributed by atoms with Crippen LogP contribution in [0.4, 0.5) is 17.1 Å². The maximum Gasteiger partial charge on any atom is 0.282 e. The van der Waals surface area contributed by atoms with E-state index in [0.29, 0.717) is 29.3 Å². The Balaban J connectivity index is 1.78. The average Bonchev–Trinajstić information content (AvgIpc) is 3.08. The predicted molar refractivity (Wildman–Crippen MR) is 130 cm³/mol. The van der Waals surface area contributed by atoms with Crippen molar-refractivity contribution in [2.24, 2.45) is 0 Å². The van der Waals surface area contributed by atoms with Crippen LogP contribution >= 0.6 is 0 Å². The maximum absolute atomic E-state index is 13.5. The first kappa shape index (κ1) is 22.7. The number of carbonyl (C=O) groups is 2. The second-order valence-corrected chi connectivity index (χ2v) is 7.61. The first-order valence-electron chi connectivity index (χ1n) is 10.9. The van der Waals surface area contributed by atoms with Gasteiger partial charge in [-0.15, -0.1) is 0 Å². The fourth-order valence-electron chi connectivity index (χ4n) is 3.75. The van der Waals surface area contributed by atoms with Gasteiger partial charge in [0, 0.05) is 23.9 Å². The molecule has 172 valence electrons. The lowest BCUT2D eigenvalue weighted by Gasteiger charge is -2.16. The number of imide groups is 1. The molecule has 4 rings (SSSR count). The highest BCUT2D eigenvalue weighted by Gasteiger charge is 2.40. The van der Waals surface area contributed by atoms with Crippen molar-refractivity contribution >= 4 is 34.4 Å². The molecule has 1 N–H and O–H groups in total. The number of ether oxygens (including phenoxy) is 1. The third kappa shape index (κ3) is 4.38. The van der Waals surface area contributed by atoms with Gasteiger partial charge in [-0.05, 0) is 60.9 Å². The summed E-state index contributed by atoms with van der Waals surface area (Å²) in [5.41, 5.74) is 2.63. The molecule has 0 radical (unpaired) electrons. The Morgan fingerprint density at radius 3 is 2.26 bits per heavy atom. The second kappa shape index (κ2) is 9.58. The average molecular weight is 457 g/mol. The van der Waals surface area contributed by atoms with Crippen LogP contribution < -0.4 is 15.0 Å². The van der Waals surface area contributed by atoms with Gasteiger partial charge in [0.1, 0.15) is 11.4 Å². The highest BCUT2D eigenvalue weighted by Crippen LogP contribution is 2.35. The van der Waals surface area contributed by atoms with E-state index in [1.165, 1.54) is 24.3 Å². The molecule has 0 spiro atoms. The SMILES string of the molecule is CCOc1cccc(NC2=C(c3ccc([N+](=O)[O-])cc3)C(=O)N(c3ccc(CC)cc3)C2=O)c1. The lowest BCUT2D eigenvalue weighted by Crippen LogP contribution is -2.32. The van der Waals surface area contributed by atoms with Gasteiger partial charge in [0.05, 0.1) is 22.8 Å². The Morgan fingerprint density at radius 1 is 0.941 bits per heavy atom. The molecule has 8 nitrogen and oxygen atoms in total. The van der Waals surface area contributed by atoms with Gasteiger partial charge >= 0.3 is 0 Å². The normalized spacial score (nSPS) is 13.4. The zero-order valence-electron chi connectivity index (χ0n) is 18.8. The summed E-state index contributed by atoms with van der Waals surface area (Å²) >= 11 is 0. The molecule has 1 aliphatic heterocycles. The van der Waals surface area contributed by atoms with Crippen molar-refractivity contribution in [2.75, 3.05) is 16.8 Å². The summed E-state index contributed by atoms with van der Waals surface area (Å²) in [6.45, 7) is 4.38. The Bertz CT molecular complexity index is 1280. The number of amides is 2. The molecule has 8 heteroatoms. The van der Waals surface area contributed by atoms with Crippen molar-refractivity contribution in [3.63, 3.8) is 0 Å². The first-order valence-corrected chi connectivity index (χ1v) is 10.9. The van der Waals surface area contributed by atoms with Gasteiger partial charge < -0.3 is 10.1 Å². The molecule has 1 heterocycles. The number of benzene rings is 3. The van der Waals surface area contributed by atoms with Crippen LogP contribution in [0.2, 0.25) is 0 Å². The van der Waals surface area contributed by atoms with Gasteiger partial charge in [0.25, 0.3) is 17.5 Å². The quantitative estimate of drug-likeness (QED) is 0.292. The smallest absolute Gasteiger partial charge is 0.282 e. The molecule has 0 fully saturated rings. The number of hydrogen-bond donors (Lipinski definition) is 1. The Hall–Kier alpha value is -4.46. The molecule has 0 aromatic heterocycles. The van der Waals surface area contributed by atoms with E-state index < -0.39 is 16.7 Å². The number of nitrogens with zero attached hydrogens (tertiary/aromatic N) is 2. The number of anilines is 2. The third-order valence-electron chi connectivity index (χ3n) is 5.47. The van der Waals surface area contributed by atoms with Crippen LogP contribution in [0, 0.1) is 10.1 Å². The van der Waals surface area contributed by atoms with E-state index in [2.05, 4.69) is 5.32 Å². The summed E-state index contributed by atoms with van der Waals surface area (Å²) in [5, 5.41) is 14.2. The minimum atomic E-state index is -0.514. The first-order chi connectivity index (χ1) is 16.4. The van der Waals surface area contributed by atoms with Crippen LogP contribution in [0.25, 0.3) is 5.57 Å². The molecular formula is C26H23N3O5. The minimum Gasteiger partial charge on any atom is -0.494 e. The van der Waals surface area contributed by atoms with E-state index in [1.807, 2.05) is 26.0 Å². The summed E-state index contributed by atoms with van der Waals surface area (Å²) in [5.74, 6) is -0.398. The van der Waals surface area contributed by atoms with Crippen molar-refractivity contribution in [3.05, 3.63) is 99.7 Å². The molecule has 3 aromatic rings. The minimum absolute atomic E-state index is 0.0899. The van der Waals surface area contributed by atoms with Crippen LogP contribution in [-0.2, 0) is 16.0 Å². The van der Waals surface area contributed by atoms with Gasteiger partial charge in [-0.2, -0.15) is 0 Å². The van der Waals surface area contributed by atoms with E-state index in [9.17, 15) is 19.7 Å². The lowest BCUT2D eigenvalue weighted by atomic mass is 10.0. The van der Waals surface area contributed by atoms with Gasteiger partial charge in [0.2, 0.25) is 0 Å². The van der Waals surface area contributed by atoms with Crippen molar-refractivity contribution in [2.45, 2.75) is 20.3 Å². The zero-order chi connectivity index (χ0) is 24.2. The van der Waals surface area contributed by atoms with E-state index in [1.54, 1.807) is 36.4 Å². The Labute approximate surface area is 196 Å². The van der Waals surface area contributed by atoms with E-state index >= 15 is 0 Å². The molecule has 0 bridgehead atoms. The Kier molecular flexibility index (Phi) is 6.40. The molecule has 0 aliphatic carbocycles. The number of carbonyl (C=O) groups excluding carboxylic acids is 2. The highest BCUT2D eigenvalue weighted by molar-refractivity contribution is 6.46. The van der Waals surface area contributed by atoms with Gasteiger partial charge in [-0.1, -0.05) is 25.1 Å². The maximum atomic E-state index is 13.5. The standard InChI is InChI=1S/C26H23N3O5/c1-3-17-8-12-20(13-9-17)28-25(30)23(18-10-14-21(15-11-18)29(32)33)24(26(28)31)27-19-6-5-7-22(16-19)34-4-2/h5-16,27H,3-4H2,1-2H3. The molecule has 1 aliphatic rings. The number of nitro benzene ring substituents is 1. The highest BCUT2D eigenvalue weighted by atomic mass is 16.6. The summed E-state index contributed by atoms with van der Waals surface area (Å²) < 4.78 is 5.54. The van der Waals surface area contributed by atoms with E-state index in [-0.39, 0.29) is 17.0 Å². The van der Waals surface area contributed by atoms with Crippen molar-refractivity contribution in [3.8, 4) is 5.75 Å². The van der Waals surface area contributed by atoms with Gasteiger partial charge in [0.15, 0.2) is 0 Å². The molecule has 34 heavy (non-hydrogen) atoms. The molecule has 0 atom stereocenters. The van der Waals surface area contributed by atoms with Crippen molar-refractivity contribution in [1.29, 1.82) is 0 Å². The monoisotopic (exact) mass is 457 g/mol. The van der Waals surface area contributed by atoms with Crippen LogP contribution in [0.15, 0.2) is 78.5 Å². The van der Waals surface area contributed by atoms with Crippen LogP contribution in [-0.4, -0.2) is 23.3 Å². The van der Waals surface area contributed by atoms with Crippen molar-refractivity contribution in [1.82, 2.24) is 0 Å². The number of hydrogen-bond acceptors (Lipinski definition) is 6. The summed E-state index contributed by atoms with van der Waals surface area (Å²) in [4.78, 5) is 38.7. The Morgan fingerprint density at radius 2 is 1.65 bits per heavy atom.